The largest absolute Gasteiger partial charge is 0.585 e. The minimum absolute atomic E-state index is 0. The van der Waals surface area contributed by atoms with Gasteiger partial charge in [0.1, 0.15) is 0 Å². The standard InChI is InChI=1S/C10H10NO2.CH3.Y/c1-6-4-11-10(12-3)9-8(6)7(2)5-13-9;;/h4H,1-3H3;1H3;/q2*-1;. The van der Waals surface area contributed by atoms with Crippen LogP contribution in [0.15, 0.2) is 10.6 Å². The molecule has 2 aromatic heterocycles. The van der Waals surface area contributed by atoms with Crippen molar-refractivity contribution in [3.05, 3.63) is 31.0 Å². The van der Waals surface area contributed by atoms with Crippen LogP contribution in [0.2, 0.25) is 0 Å². The zero-order valence-electron chi connectivity index (χ0n) is 9.42. The van der Waals surface area contributed by atoms with E-state index in [2.05, 4.69) is 11.2 Å². The molecule has 2 heterocycles. The van der Waals surface area contributed by atoms with Crippen LogP contribution in [0.5, 0.6) is 5.88 Å². The summed E-state index contributed by atoms with van der Waals surface area (Å²) in [5, 5.41) is 1.05. The molecule has 0 saturated carbocycles. The first-order valence-corrected chi connectivity index (χ1v) is 4.04. The topological polar surface area (TPSA) is 35.3 Å². The molecule has 1 radical (unpaired) electrons. The number of hydrogen-bond acceptors (Lipinski definition) is 3. The van der Waals surface area contributed by atoms with E-state index in [1.54, 1.807) is 13.3 Å². The number of nitrogens with zero attached hydrogens (tertiary/aromatic N) is 1. The van der Waals surface area contributed by atoms with Crippen molar-refractivity contribution in [2.45, 2.75) is 13.8 Å². The Balaban J connectivity index is 0.000000980. The number of hydrogen-bond donors (Lipinski definition) is 0. The Morgan fingerprint density at radius 2 is 2.07 bits per heavy atom. The second kappa shape index (κ2) is 5.62. The van der Waals surface area contributed by atoms with E-state index in [1.807, 2.05) is 13.8 Å². The van der Waals surface area contributed by atoms with Crippen LogP contribution in [0.1, 0.15) is 11.1 Å². The zero-order valence-corrected chi connectivity index (χ0v) is 12.3. The van der Waals surface area contributed by atoms with Gasteiger partial charge in [0.2, 0.25) is 0 Å². The molecule has 2 aromatic rings. The van der Waals surface area contributed by atoms with E-state index >= 15 is 0 Å². The normalized spacial score (nSPS) is 9.27. The van der Waals surface area contributed by atoms with Crippen molar-refractivity contribution >= 4 is 11.0 Å². The van der Waals surface area contributed by atoms with Gasteiger partial charge >= 0.3 is 0 Å². The molecule has 0 fully saturated rings. The van der Waals surface area contributed by atoms with Crippen molar-refractivity contribution in [2.24, 2.45) is 0 Å². The summed E-state index contributed by atoms with van der Waals surface area (Å²) in [6.07, 6.45) is 4.57. The molecule has 4 heteroatoms. The summed E-state index contributed by atoms with van der Waals surface area (Å²) in [7, 11) is 1.58. The maximum absolute atomic E-state index is 5.24. The van der Waals surface area contributed by atoms with Gasteiger partial charge in [-0.25, -0.2) is 4.98 Å². The number of aryl methyl sites for hydroxylation is 2. The van der Waals surface area contributed by atoms with Crippen LogP contribution >= 0.6 is 0 Å². The van der Waals surface area contributed by atoms with E-state index < -0.39 is 0 Å². The molecule has 0 aliphatic rings. The molecule has 0 aromatic carbocycles. The molecular weight excluding hydrogens is 267 g/mol. The van der Waals surface area contributed by atoms with E-state index in [0.29, 0.717) is 11.5 Å². The van der Waals surface area contributed by atoms with E-state index in [9.17, 15) is 0 Å². The number of fused-ring (bicyclic) bond motifs is 1. The molecule has 3 nitrogen and oxygen atoms in total. The quantitative estimate of drug-likeness (QED) is 0.753. The summed E-state index contributed by atoms with van der Waals surface area (Å²) < 4.78 is 10.3. The van der Waals surface area contributed by atoms with Gasteiger partial charge in [-0.1, -0.05) is 19.4 Å². The Bertz CT molecular complexity index is 451. The molecule has 0 aliphatic heterocycles. The van der Waals surface area contributed by atoms with Crippen LogP contribution in [-0.2, 0) is 32.7 Å². The zero-order chi connectivity index (χ0) is 9.42. The summed E-state index contributed by atoms with van der Waals surface area (Å²) in [5.74, 6) is 0.518. The number of rotatable bonds is 1. The van der Waals surface area contributed by atoms with Crippen LogP contribution in [0.3, 0.4) is 0 Å². The Kier molecular flexibility index (Phi) is 5.46. The van der Waals surface area contributed by atoms with Crippen LogP contribution in [0.4, 0.5) is 0 Å². The van der Waals surface area contributed by atoms with Gasteiger partial charge in [0, 0.05) is 44.5 Å². The first-order chi connectivity index (χ1) is 6.24. The van der Waals surface area contributed by atoms with Gasteiger partial charge in [-0.05, 0) is 6.26 Å². The van der Waals surface area contributed by atoms with Gasteiger partial charge in [-0.3, -0.25) is 0 Å². The third kappa shape index (κ3) is 2.40. The van der Waals surface area contributed by atoms with Gasteiger partial charge in [0.05, 0.1) is 7.11 Å². The van der Waals surface area contributed by atoms with E-state index in [4.69, 9.17) is 9.15 Å². The third-order valence-electron chi connectivity index (χ3n) is 2.07. The Labute approximate surface area is 115 Å². The molecule has 0 spiro atoms. The van der Waals surface area contributed by atoms with Gasteiger partial charge in [0.25, 0.3) is 0 Å². The minimum Gasteiger partial charge on any atom is -0.585 e. The van der Waals surface area contributed by atoms with Crippen molar-refractivity contribution in [1.82, 2.24) is 4.98 Å². The van der Waals surface area contributed by atoms with Gasteiger partial charge in [-0.2, -0.15) is 0 Å². The summed E-state index contributed by atoms with van der Waals surface area (Å²) in [5.41, 5.74) is 2.76. The second-order valence-electron chi connectivity index (χ2n) is 2.98. The van der Waals surface area contributed by atoms with Gasteiger partial charge in [-0.15, -0.1) is 10.9 Å². The van der Waals surface area contributed by atoms with E-state index in [-0.39, 0.29) is 40.1 Å². The second-order valence-corrected chi connectivity index (χ2v) is 2.98. The number of aromatic nitrogens is 1. The summed E-state index contributed by atoms with van der Waals surface area (Å²) in [6, 6.07) is 0. The summed E-state index contributed by atoms with van der Waals surface area (Å²) in [6.45, 7) is 3.95. The van der Waals surface area contributed by atoms with Crippen LogP contribution in [0, 0.1) is 27.5 Å². The fourth-order valence-corrected chi connectivity index (χ4v) is 1.45. The van der Waals surface area contributed by atoms with E-state index in [0.717, 1.165) is 16.5 Å². The first-order valence-electron chi connectivity index (χ1n) is 4.04. The minimum atomic E-state index is 0. The van der Waals surface area contributed by atoms with Crippen LogP contribution in [0.25, 0.3) is 11.0 Å². The fourth-order valence-electron chi connectivity index (χ4n) is 1.45. The number of methoxy groups -OCH3 is 1. The molecule has 0 N–H and O–H groups in total. The molecule has 79 valence electrons. The molecule has 0 aliphatic carbocycles. The van der Waals surface area contributed by atoms with Crippen LogP contribution < -0.4 is 4.74 Å². The Morgan fingerprint density at radius 1 is 1.40 bits per heavy atom. The third-order valence-corrected chi connectivity index (χ3v) is 2.07. The van der Waals surface area contributed by atoms with E-state index in [1.165, 1.54) is 0 Å². The molecule has 0 amide bonds. The summed E-state index contributed by atoms with van der Waals surface area (Å²) in [4.78, 5) is 4.10. The smallest absolute Gasteiger partial charge is 0.184 e. The number of furan rings is 1. The Hall–Kier alpha value is -0.406. The van der Waals surface area contributed by atoms with Crippen molar-refractivity contribution in [2.75, 3.05) is 7.11 Å². The predicted molar refractivity (Wildman–Crippen MR) is 55.3 cm³/mol. The van der Waals surface area contributed by atoms with Crippen molar-refractivity contribution in [3.63, 3.8) is 0 Å². The maximum atomic E-state index is 5.24. The number of pyridine rings is 1. The summed E-state index contributed by atoms with van der Waals surface area (Å²) >= 11 is 0. The van der Waals surface area contributed by atoms with Gasteiger partial charge in [0.15, 0.2) is 5.88 Å². The molecule has 0 unspecified atom stereocenters. The molecule has 2 rings (SSSR count). The molecular formula is C11H13NO2Y-2. The maximum Gasteiger partial charge on any atom is 0.184 e. The van der Waals surface area contributed by atoms with Crippen molar-refractivity contribution in [3.8, 4) is 5.88 Å². The molecule has 15 heavy (non-hydrogen) atoms. The average molecular weight is 280 g/mol. The Morgan fingerprint density at radius 3 is 2.67 bits per heavy atom. The first kappa shape index (κ1) is 14.6. The van der Waals surface area contributed by atoms with Gasteiger partial charge < -0.3 is 16.6 Å². The number of ether oxygens (including phenoxy) is 1. The molecule has 0 saturated heterocycles. The predicted octanol–water partition coefficient (Wildman–Crippen LogP) is 2.70. The fraction of sp³-hybridized carbons (Fsp3) is 0.273. The monoisotopic (exact) mass is 280 g/mol. The van der Waals surface area contributed by atoms with Crippen molar-refractivity contribution in [1.29, 1.82) is 0 Å². The molecule has 0 atom stereocenters. The van der Waals surface area contributed by atoms with Crippen LogP contribution in [-0.4, -0.2) is 12.1 Å². The molecule has 0 bridgehead atoms. The van der Waals surface area contributed by atoms with Crippen molar-refractivity contribution < 1.29 is 41.9 Å². The average Bonchev–Trinajstić information content (AvgIpc) is 2.50. The SMILES string of the molecule is COc1ncc(C)c2c(C)[c-]oc12.[CH3-].[Y].